The Morgan fingerprint density at radius 3 is 3.15 bits per heavy atom. The Morgan fingerprint density at radius 2 is 2.38 bits per heavy atom. The number of halogens is 1. The van der Waals surface area contributed by atoms with E-state index in [-0.39, 0.29) is 0 Å². The van der Waals surface area contributed by atoms with Crippen LogP contribution in [0.5, 0.6) is 0 Å². The molecule has 2 aromatic rings. The van der Waals surface area contributed by atoms with Gasteiger partial charge in [0.15, 0.2) is 0 Å². The number of alkyl halides is 1. The van der Waals surface area contributed by atoms with Crippen LogP contribution in [0, 0.1) is 0 Å². The van der Waals surface area contributed by atoms with Gasteiger partial charge in [-0.25, -0.2) is 4.98 Å². The molecule has 0 atom stereocenters. The van der Waals surface area contributed by atoms with Gasteiger partial charge in [0, 0.05) is 12.7 Å². The van der Waals surface area contributed by atoms with Gasteiger partial charge in [-0.1, -0.05) is 15.9 Å². The molecule has 68 valence electrons. The standard InChI is InChI=1S/C9H10BrN3/c1-13-6-12-8-4-7(11-5-10)2-3-9(8)13/h2-4,6,11H,5H2,1H3. The fourth-order valence-electron chi connectivity index (χ4n) is 1.32. The van der Waals surface area contributed by atoms with E-state index in [9.17, 15) is 0 Å². The van der Waals surface area contributed by atoms with E-state index in [2.05, 4.69) is 32.3 Å². The highest BCUT2D eigenvalue weighted by Crippen LogP contribution is 2.17. The van der Waals surface area contributed by atoms with Crippen LogP contribution < -0.4 is 5.32 Å². The number of anilines is 1. The summed E-state index contributed by atoms with van der Waals surface area (Å²) in [6.45, 7) is 0. The van der Waals surface area contributed by atoms with Gasteiger partial charge in [-0.05, 0) is 18.2 Å². The van der Waals surface area contributed by atoms with Crippen molar-refractivity contribution in [2.24, 2.45) is 7.05 Å². The SMILES string of the molecule is Cn1cnc2cc(NCBr)ccc21. The van der Waals surface area contributed by atoms with E-state index >= 15 is 0 Å². The third-order valence-corrected chi connectivity index (χ3v) is 2.28. The molecule has 0 aliphatic rings. The number of nitrogens with zero attached hydrogens (tertiary/aromatic N) is 2. The zero-order valence-corrected chi connectivity index (χ0v) is 8.87. The van der Waals surface area contributed by atoms with E-state index in [0.29, 0.717) is 0 Å². The summed E-state index contributed by atoms with van der Waals surface area (Å²) in [5.41, 5.74) is 4.02. The molecule has 0 saturated heterocycles. The minimum absolute atomic E-state index is 0.755. The van der Waals surface area contributed by atoms with E-state index in [1.807, 2.05) is 30.1 Å². The molecule has 1 heterocycles. The van der Waals surface area contributed by atoms with Crippen LogP contribution in [0.3, 0.4) is 0 Å². The first-order chi connectivity index (χ1) is 6.31. The second-order valence-electron chi connectivity index (χ2n) is 2.87. The number of hydrogen-bond donors (Lipinski definition) is 1. The molecule has 3 nitrogen and oxygen atoms in total. The van der Waals surface area contributed by atoms with Gasteiger partial charge in [-0.3, -0.25) is 0 Å². The van der Waals surface area contributed by atoms with E-state index in [0.717, 1.165) is 22.2 Å². The summed E-state index contributed by atoms with van der Waals surface area (Å²) in [6, 6.07) is 6.15. The summed E-state index contributed by atoms with van der Waals surface area (Å²) in [7, 11) is 1.99. The Labute approximate surface area is 84.9 Å². The Hall–Kier alpha value is -1.03. The van der Waals surface area contributed by atoms with Crippen LogP contribution >= 0.6 is 15.9 Å². The summed E-state index contributed by atoms with van der Waals surface area (Å²) >= 11 is 3.32. The highest BCUT2D eigenvalue weighted by atomic mass is 79.9. The van der Waals surface area contributed by atoms with Crippen molar-refractivity contribution >= 4 is 32.7 Å². The molecule has 2 rings (SSSR count). The topological polar surface area (TPSA) is 29.9 Å². The molecule has 0 unspecified atom stereocenters. The number of aryl methyl sites for hydroxylation is 1. The second-order valence-corrected chi connectivity index (χ2v) is 3.43. The minimum Gasteiger partial charge on any atom is -0.375 e. The molecule has 0 aliphatic carbocycles. The van der Waals surface area contributed by atoms with Gasteiger partial charge in [-0.15, -0.1) is 0 Å². The van der Waals surface area contributed by atoms with Gasteiger partial charge in [0.2, 0.25) is 0 Å². The number of aromatic nitrogens is 2. The van der Waals surface area contributed by atoms with Crippen LogP contribution in [0.15, 0.2) is 24.5 Å². The Bertz CT molecular complexity index is 422. The first kappa shape index (κ1) is 8.56. The molecule has 0 spiro atoms. The van der Waals surface area contributed by atoms with E-state index in [1.165, 1.54) is 0 Å². The van der Waals surface area contributed by atoms with Crippen LogP contribution in [0.2, 0.25) is 0 Å². The molecule has 1 aromatic carbocycles. The normalized spacial score (nSPS) is 10.6. The van der Waals surface area contributed by atoms with Crippen molar-refractivity contribution in [1.82, 2.24) is 9.55 Å². The Kier molecular flexibility index (Phi) is 2.22. The summed E-state index contributed by atoms with van der Waals surface area (Å²) < 4.78 is 2.01. The summed E-state index contributed by atoms with van der Waals surface area (Å²) in [6.07, 6.45) is 1.82. The average molecular weight is 240 g/mol. The fourth-order valence-corrected chi connectivity index (χ4v) is 1.65. The fraction of sp³-hybridized carbons (Fsp3) is 0.222. The van der Waals surface area contributed by atoms with Crippen LogP contribution in [-0.4, -0.2) is 15.0 Å². The molecular weight excluding hydrogens is 230 g/mol. The molecule has 1 N–H and O–H groups in total. The minimum atomic E-state index is 0.755. The Balaban J connectivity index is 2.50. The van der Waals surface area contributed by atoms with Crippen molar-refractivity contribution in [2.75, 3.05) is 10.8 Å². The number of hydrogen-bond acceptors (Lipinski definition) is 2. The molecule has 0 radical (unpaired) electrons. The van der Waals surface area contributed by atoms with Crippen LogP contribution in [0.4, 0.5) is 5.69 Å². The van der Waals surface area contributed by atoms with Crippen molar-refractivity contribution in [3.8, 4) is 0 Å². The zero-order valence-electron chi connectivity index (χ0n) is 7.29. The van der Waals surface area contributed by atoms with Gasteiger partial charge in [0.25, 0.3) is 0 Å². The van der Waals surface area contributed by atoms with Gasteiger partial charge >= 0.3 is 0 Å². The van der Waals surface area contributed by atoms with E-state index in [4.69, 9.17) is 0 Å². The van der Waals surface area contributed by atoms with E-state index in [1.54, 1.807) is 0 Å². The zero-order chi connectivity index (χ0) is 9.26. The van der Waals surface area contributed by atoms with Crippen LogP contribution in [0.25, 0.3) is 11.0 Å². The number of rotatable bonds is 2. The number of fused-ring (bicyclic) bond motifs is 1. The second kappa shape index (κ2) is 3.38. The lowest BCUT2D eigenvalue weighted by Gasteiger charge is -2.01. The molecule has 0 bridgehead atoms. The molecule has 13 heavy (non-hydrogen) atoms. The molecular formula is C9H10BrN3. The average Bonchev–Trinajstić information content (AvgIpc) is 2.48. The number of nitrogens with one attached hydrogen (secondary N) is 1. The molecule has 0 amide bonds. The van der Waals surface area contributed by atoms with Gasteiger partial charge in [-0.2, -0.15) is 0 Å². The molecule has 0 saturated carbocycles. The molecule has 0 aliphatic heterocycles. The quantitative estimate of drug-likeness (QED) is 0.645. The first-order valence-electron chi connectivity index (χ1n) is 4.02. The predicted octanol–water partition coefficient (Wildman–Crippen LogP) is 2.34. The van der Waals surface area contributed by atoms with Crippen molar-refractivity contribution in [2.45, 2.75) is 0 Å². The molecule has 0 fully saturated rings. The largest absolute Gasteiger partial charge is 0.375 e. The monoisotopic (exact) mass is 239 g/mol. The number of imidazole rings is 1. The smallest absolute Gasteiger partial charge is 0.0955 e. The highest BCUT2D eigenvalue weighted by Gasteiger charge is 1.99. The maximum absolute atomic E-state index is 4.27. The lowest BCUT2D eigenvalue weighted by atomic mass is 10.3. The lowest BCUT2D eigenvalue weighted by Crippen LogP contribution is -1.93. The van der Waals surface area contributed by atoms with Crippen molar-refractivity contribution in [3.63, 3.8) is 0 Å². The van der Waals surface area contributed by atoms with Gasteiger partial charge < -0.3 is 9.88 Å². The maximum Gasteiger partial charge on any atom is 0.0955 e. The van der Waals surface area contributed by atoms with Crippen LogP contribution in [-0.2, 0) is 7.05 Å². The van der Waals surface area contributed by atoms with Gasteiger partial charge in [0.05, 0.1) is 22.8 Å². The number of benzene rings is 1. The van der Waals surface area contributed by atoms with Crippen LogP contribution in [0.1, 0.15) is 0 Å². The van der Waals surface area contributed by atoms with Gasteiger partial charge in [0.1, 0.15) is 0 Å². The third-order valence-electron chi connectivity index (χ3n) is 2.00. The van der Waals surface area contributed by atoms with Crippen molar-refractivity contribution in [3.05, 3.63) is 24.5 Å². The first-order valence-corrected chi connectivity index (χ1v) is 5.14. The summed E-state index contributed by atoms with van der Waals surface area (Å²) in [5.74, 6) is 0. The Morgan fingerprint density at radius 1 is 1.54 bits per heavy atom. The van der Waals surface area contributed by atoms with Crippen molar-refractivity contribution < 1.29 is 0 Å². The predicted molar refractivity (Wildman–Crippen MR) is 58.1 cm³/mol. The highest BCUT2D eigenvalue weighted by molar-refractivity contribution is 9.09. The summed E-state index contributed by atoms with van der Waals surface area (Å²) in [5, 5.41) is 3.18. The lowest BCUT2D eigenvalue weighted by molar-refractivity contribution is 0.948. The molecule has 4 heteroatoms. The van der Waals surface area contributed by atoms with E-state index < -0.39 is 0 Å². The van der Waals surface area contributed by atoms with Crippen molar-refractivity contribution in [1.29, 1.82) is 0 Å². The maximum atomic E-state index is 4.27. The molecule has 1 aromatic heterocycles. The third kappa shape index (κ3) is 1.54. The summed E-state index contributed by atoms with van der Waals surface area (Å²) in [4.78, 5) is 4.27.